The highest BCUT2D eigenvalue weighted by atomic mass is 14.8. The van der Waals surface area contributed by atoms with Crippen LogP contribution in [0.3, 0.4) is 0 Å². The third-order valence-electron chi connectivity index (χ3n) is 10.1. The van der Waals surface area contributed by atoms with Gasteiger partial charge in [0, 0.05) is 17.3 Å². The molecule has 0 nitrogen and oxygen atoms in total. The van der Waals surface area contributed by atoms with Crippen molar-refractivity contribution in [1.29, 1.82) is 0 Å². The van der Waals surface area contributed by atoms with Crippen molar-refractivity contribution in [3.8, 4) is 12.3 Å². The molecule has 5 aliphatic carbocycles. The third-order valence-corrected chi connectivity index (χ3v) is 10.1. The molecule has 0 aliphatic heterocycles. The van der Waals surface area contributed by atoms with E-state index < -0.39 is 0 Å². The Bertz CT molecular complexity index is 1060. The standard InChI is InChI=1S/C30H34/c1-6-7-22-16-26-21(5)27-13-9-20(4)29(27)17-30(29,28(26)14-19(22)3)24-11-12-25-18(2)8-10-23(25)15-24/h1,11-12,14-16,18,21,26-28H,4,7-10,13,17H2,2-3,5H3/t18?,21?,26?,27-,28?,29+,30+/m0/s1. The summed E-state index contributed by atoms with van der Waals surface area (Å²) in [5.41, 5.74) is 9.78. The van der Waals surface area contributed by atoms with Crippen LogP contribution in [0.15, 0.2) is 53.6 Å². The molecule has 1 spiro atoms. The average Bonchev–Trinajstić information content (AvgIpc) is 3.17. The van der Waals surface area contributed by atoms with Crippen molar-refractivity contribution in [2.75, 3.05) is 0 Å². The lowest BCUT2D eigenvalue weighted by molar-refractivity contribution is 0.0993. The number of terminal acetylenes is 1. The van der Waals surface area contributed by atoms with Crippen LogP contribution >= 0.6 is 0 Å². The van der Waals surface area contributed by atoms with Gasteiger partial charge in [-0.3, -0.25) is 0 Å². The Morgan fingerprint density at radius 2 is 1.97 bits per heavy atom. The summed E-state index contributed by atoms with van der Waals surface area (Å²) >= 11 is 0. The molecule has 0 aromatic heterocycles. The topological polar surface area (TPSA) is 0 Å². The summed E-state index contributed by atoms with van der Waals surface area (Å²) in [5.74, 6) is 6.29. The fourth-order valence-electron chi connectivity index (χ4n) is 8.63. The molecular weight excluding hydrogens is 360 g/mol. The van der Waals surface area contributed by atoms with Gasteiger partial charge in [0.15, 0.2) is 0 Å². The third kappa shape index (κ3) is 2.05. The molecule has 154 valence electrons. The predicted molar refractivity (Wildman–Crippen MR) is 125 cm³/mol. The van der Waals surface area contributed by atoms with Crippen molar-refractivity contribution >= 4 is 0 Å². The van der Waals surface area contributed by atoms with Crippen LogP contribution in [-0.4, -0.2) is 0 Å². The van der Waals surface area contributed by atoms with Gasteiger partial charge < -0.3 is 0 Å². The van der Waals surface area contributed by atoms with Gasteiger partial charge in [0.25, 0.3) is 0 Å². The minimum absolute atomic E-state index is 0.253. The minimum atomic E-state index is 0.253. The second kappa shape index (κ2) is 6.03. The maximum Gasteiger partial charge on any atom is 0.0337 e. The van der Waals surface area contributed by atoms with E-state index in [1.165, 1.54) is 43.3 Å². The molecule has 0 bridgehead atoms. The van der Waals surface area contributed by atoms with Gasteiger partial charge in [-0.15, -0.1) is 12.3 Å². The summed E-state index contributed by atoms with van der Waals surface area (Å²) in [4.78, 5) is 0. The monoisotopic (exact) mass is 394 g/mol. The molecule has 5 aliphatic rings. The van der Waals surface area contributed by atoms with Crippen molar-refractivity contribution in [2.24, 2.45) is 29.1 Å². The molecule has 0 heteroatoms. The van der Waals surface area contributed by atoms with Crippen molar-refractivity contribution in [1.82, 2.24) is 0 Å². The first kappa shape index (κ1) is 18.7. The first-order valence-corrected chi connectivity index (χ1v) is 12.1. The van der Waals surface area contributed by atoms with Gasteiger partial charge in [0.2, 0.25) is 0 Å². The molecule has 0 N–H and O–H groups in total. The Morgan fingerprint density at radius 3 is 2.77 bits per heavy atom. The predicted octanol–water partition coefficient (Wildman–Crippen LogP) is 7.12. The summed E-state index contributed by atoms with van der Waals surface area (Å²) in [6, 6.07) is 7.60. The van der Waals surface area contributed by atoms with Crippen LogP contribution in [-0.2, 0) is 11.8 Å². The molecule has 4 unspecified atom stereocenters. The van der Waals surface area contributed by atoms with E-state index in [1.54, 1.807) is 22.3 Å². The zero-order chi connectivity index (χ0) is 20.8. The Kier molecular flexibility index (Phi) is 3.77. The summed E-state index contributed by atoms with van der Waals surface area (Å²) in [6.45, 7) is 11.9. The van der Waals surface area contributed by atoms with Gasteiger partial charge in [-0.1, -0.05) is 61.9 Å². The maximum atomic E-state index is 5.71. The summed E-state index contributed by atoms with van der Waals surface area (Å²) in [6.07, 6.45) is 18.1. The lowest BCUT2D eigenvalue weighted by Gasteiger charge is -2.49. The highest BCUT2D eigenvalue weighted by molar-refractivity contribution is 5.56. The van der Waals surface area contributed by atoms with Crippen LogP contribution in [0, 0.1) is 41.4 Å². The van der Waals surface area contributed by atoms with E-state index in [4.69, 9.17) is 6.42 Å². The number of allylic oxidation sites excluding steroid dienone is 5. The molecule has 0 amide bonds. The zero-order valence-corrected chi connectivity index (χ0v) is 18.8. The molecule has 0 radical (unpaired) electrons. The van der Waals surface area contributed by atoms with E-state index in [-0.39, 0.29) is 5.41 Å². The highest BCUT2D eigenvalue weighted by Gasteiger charge is 2.79. The second-order valence-electron chi connectivity index (χ2n) is 11.1. The van der Waals surface area contributed by atoms with Gasteiger partial charge in [-0.2, -0.15) is 0 Å². The summed E-state index contributed by atoms with van der Waals surface area (Å²) in [7, 11) is 0. The molecule has 1 aromatic rings. The zero-order valence-electron chi connectivity index (χ0n) is 18.8. The normalized spacial score (nSPS) is 43.0. The fraction of sp³-hybridized carbons (Fsp3) is 0.533. The molecule has 0 saturated heterocycles. The van der Waals surface area contributed by atoms with E-state index in [2.05, 4.69) is 63.6 Å². The van der Waals surface area contributed by atoms with E-state index in [0.717, 1.165) is 18.3 Å². The maximum absolute atomic E-state index is 5.71. The van der Waals surface area contributed by atoms with Crippen LogP contribution in [0.5, 0.6) is 0 Å². The molecule has 6 rings (SSSR count). The van der Waals surface area contributed by atoms with Gasteiger partial charge in [-0.05, 0) is 90.9 Å². The van der Waals surface area contributed by atoms with Crippen LogP contribution in [0.4, 0.5) is 0 Å². The molecule has 3 fully saturated rings. The average molecular weight is 395 g/mol. The smallest absolute Gasteiger partial charge is 0.0337 e. The number of rotatable bonds is 2. The minimum Gasteiger partial charge on any atom is -0.120 e. The van der Waals surface area contributed by atoms with Crippen LogP contribution in [0.1, 0.15) is 75.5 Å². The lowest BCUT2D eigenvalue weighted by atomic mass is 9.54. The number of fused-ring (bicyclic) bond motifs is 3. The Hall–Kier alpha value is -2.00. The summed E-state index contributed by atoms with van der Waals surface area (Å²) in [5, 5.41) is 0. The summed E-state index contributed by atoms with van der Waals surface area (Å²) < 4.78 is 0. The quantitative estimate of drug-likeness (QED) is 0.370. The van der Waals surface area contributed by atoms with Crippen LogP contribution < -0.4 is 0 Å². The lowest BCUT2D eigenvalue weighted by Crippen LogP contribution is -2.45. The molecule has 3 saturated carbocycles. The van der Waals surface area contributed by atoms with E-state index in [1.807, 2.05) is 0 Å². The largest absolute Gasteiger partial charge is 0.120 e. The van der Waals surface area contributed by atoms with E-state index in [9.17, 15) is 0 Å². The van der Waals surface area contributed by atoms with Gasteiger partial charge in [-0.25, -0.2) is 0 Å². The van der Waals surface area contributed by atoms with Crippen LogP contribution in [0.2, 0.25) is 0 Å². The first-order chi connectivity index (χ1) is 14.4. The number of benzene rings is 1. The molecule has 1 aromatic carbocycles. The Morgan fingerprint density at radius 1 is 1.13 bits per heavy atom. The van der Waals surface area contributed by atoms with Gasteiger partial charge in [0.05, 0.1) is 0 Å². The SMILES string of the molecule is C#CCC1=CC2C(C)[C@@H]3CCC(=C)[C@]34C[C@@]4(c3ccc4c(c3)CCC4C)C2C=C1C. The number of aryl methyl sites for hydroxylation is 1. The van der Waals surface area contributed by atoms with Crippen molar-refractivity contribution < 1.29 is 0 Å². The van der Waals surface area contributed by atoms with Crippen molar-refractivity contribution in [3.05, 3.63) is 70.3 Å². The molecular formula is C30H34. The number of hydrogen-bond acceptors (Lipinski definition) is 0. The highest BCUT2D eigenvalue weighted by Crippen LogP contribution is 2.84. The van der Waals surface area contributed by atoms with Crippen molar-refractivity contribution in [2.45, 2.75) is 70.6 Å². The van der Waals surface area contributed by atoms with Gasteiger partial charge in [0.1, 0.15) is 0 Å². The Balaban J connectivity index is 1.53. The first-order valence-electron chi connectivity index (χ1n) is 12.1. The van der Waals surface area contributed by atoms with E-state index >= 15 is 0 Å². The molecule has 0 heterocycles. The number of hydrogen-bond donors (Lipinski definition) is 0. The molecule has 30 heavy (non-hydrogen) atoms. The van der Waals surface area contributed by atoms with E-state index in [0.29, 0.717) is 23.2 Å². The Labute approximate surface area is 182 Å². The second-order valence-corrected chi connectivity index (χ2v) is 11.1. The molecule has 7 atom stereocenters. The fourth-order valence-corrected chi connectivity index (χ4v) is 8.63. The van der Waals surface area contributed by atoms with Gasteiger partial charge >= 0.3 is 0 Å². The van der Waals surface area contributed by atoms with Crippen LogP contribution in [0.25, 0.3) is 0 Å². The van der Waals surface area contributed by atoms with Crippen molar-refractivity contribution in [3.63, 3.8) is 0 Å².